The van der Waals surface area contributed by atoms with Gasteiger partial charge in [-0.3, -0.25) is 9.78 Å². The second-order valence-electron chi connectivity index (χ2n) is 6.40. The first-order valence-corrected chi connectivity index (χ1v) is 8.35. The zero-order valence-electron chi connectivity index (χ0n) is 14.0. The molecule has 0 unspecified atom stereocenters. The maximum Gasteiger partial charge on any atom is 0.228 e. The van der Waals surface area contributed by atoms with Crippen LogP contribution in [0.5, 0.6) is 0 Å². The number of aryl methyl sites for hydroxylation is 1. The van der Waals surface area contributed by atoms with Crippen molar-refractivity contribution in [3.05, 3.63) is 77.6 Å². The van der Waals surface area contributed by atoms with Gasteiger partial charge in [-0.1, -0.05) is 35.9 Å². The van der Waals surface area contributed by atoms with Crippen LogP contribution in [-0.2, 0) is 17.8 Å². The van der Waals surface area contributed by atoms with E-state index in [4.69, 9.17) is 0 Å². The number of carbonyl (C=O) groups excluding carboxylic acids is 1. The van der Waals surface area contributed by atoms with E-state index in [-0.39, 0.29) is 5.91 Å². The van der Waals surface area contributed by atoms with Crippen LogP contribution in [0.1, 0.15) is 16.7 Å². The summed E-state index contributed by atoms with van der Waals surface area (Å²) in [5, 5.41) is 6.29. The zero-order valence-corrected chi connectivity index (χ0v) is 14.0. The molecule has 1 amide bonds. The maximum atomic E-state index is 11.5. The Morgan fingerprint density at radius 3 is 2.88 bits per heavy atom. The monoisotopic (exact) mass is 329 g/mol. The van der Waals surface area contributed by atoms with E-state index in [1.807, 2.05) is 24.5 Å². The van der Waals surface area contributed by atoms with Gasteiger partial charge in [-0.2, -0.15) is 0 Å². The number of benzene rings is 2. The molecule has 2 heterocycles. The molecule has 1 aromatic heterocycles. The normalized spacial score (nSPS) is 12.6. The molecule has 0 spiro atoms. The van der Waals surface area contributed by atoms with E-state index in [0.717, 1.165) is 34.6 Å². The second kappa shape index (κ2) is 6.40. The lowest BCUT2D eigenvalue weighted by molar-refractivity contribution is -0.115. The summed E-state index contributed by atoms with van der Waals surface area (Å²) in [7, 11) is 0. The van der Waals surface area contributed by atoms with Gasteiger partial charge in [0.1, 0.15) is 0 Å². The number of nitrogens with one attached hydrogen (secondary N) is 2. The molecule has 0 saturated carbocycles. The molecule has 0 saturated heterocycles. The van der Waals surface area contributed by atoms with Crippen molar-refractivity contribution in [2.45, 2.75) is 19.9 Å². The number of hydrogen-bond acceptors (Lipinski definition) is 3. The number of nitrogens with zero attached hydrogens (tertiary/aromatic N) is 1. The average Bonchev–Trinajstić information content (AvgIpc) is 2.99. The topological polar surface area (TPSA) is 54.0 Å². The third-order valence-corrected chi connectivity index (χ3v) is 4.38. The molecule has 25 heavy (non-hydrogen) atoms. The van der Waals surface area contributed by atoms with Crippen molar-refractivity contribution in [2.24, 2.45) is 0 Å². The smallest absolute Gasteiger partial charge is 0.228 e. The molecule has 4 rings (SSSR count). The Morgan fingerprint density at radius 1 is 1.08 bits per heavy atom. The predicted molar refractivity (Wildman–Crippen MR) is 101 cm³/mol. The highest BCUT2D eigenvalue weighted by molar-refractivity contribution is 5.99. The number of fused-ring (bicyclic) bond motifs is 1. The predicted octanol–water partition coefficient (Wildman–Crippen LogP) is 4.16. The van der Waals surface area contributed by atoms with Crippen LogP contribution in [-0.4, -0.2) is 10.9 Å². The Hall–Kier alpha value is -3.14. The number of amides is 1. The Morgan fingerprint density at radius 2 is 2.00 bits per heavy atom. The van der Waals surface area contributed by atoms with E-state index >= 15 is 0 Å². The molecular weight excluding hydrogens is 310 g/mol. The lowest BCUT2D eigenvalue weighted by Crippen LogP contribution is -2.03. The Balaban J connectivity index is 1.54. The summed E-state index contributed by atoms with van der Waals surface area (Å²) in [6.45, 7) is 2.86. The number of rotatable bonds is 4. The van der Waals surface area contributed by atoms with Crippen LogP contribution in [0.25, 0.3) is 11.1 Å². The summed E-state index contributed by atoms with van der Waals surface area (Å²) in [5.74, 6) is 0.0545. The summed E-state index contributed by atoms with van der Waals surface area (Å²) in [4.78, 5) is 15.9. The fraction of sp³-hybridized carbons (Fsp3) is 0.143. The third kappa shape index (κ3) is 3.38. The van der Waals surface area contributed by atoms with Crippen LogP contribution in [0.15, 0.2) is 60.9 Å². The molecule has 0 aliphatic carbocycles. The minimum Gasteiger partial charge on any atom is -0.380 e. The van der Waals surface area contributed by atoms with Gasteiger partial charge in [0.05, 0.1) is 12.1 Å². The molecule has 0 radical (unpaired) electrons. The highest BCUT2D eigenvalue weighted by Crippen LogP contribution is 2.29. The maximum absolute atomic E-state index is 11.5. The van der Waals surface area contributed by atoms with Crippen molar-refractivity contribution in [2.75, 3.05) is 10.6 Å². The molecule has 124 valence electrons. The van der Waals surface area contributed by atoms with Crippen LogP contribution < -0.4 is 10.6 Å². The van der Waals surface area contributed by atoms with Crippen LogP contribution in [0.3, 0.4) is 0 Å². The highest BCUT2D eigenvalue weighted by Gasteiger charge is 2.17. The molecule has 0 bridgehead atoms. The average molecular weight is 329 g/mol. The fourth-order valence-corrected chi connectivity index (χ4v) is 3.13. The lowest BCUT2D eigenvalue weighted by atomic mass is 10.0. The van der Waals surface area contributed by atoms with E-state index in [1.54, 1.807) is 0 Å². The largest absolute Gasteiger partial charge is 0.380 e. The number of aromatic nitrogens is 1. The first-order chi connectivity index (χ1) is 12.2. The molecule has 4 heteroatoms. The van der Waals surface area contributed by atoms with Gasteiger partial charge in [-0.25, -0.2) is 0 Å². The Kier molecular flexibility index (Phi) is 3.94. The van der Waals surface area contributed by atoms with E-state index in [1.165, 1.54) is 11.1 Å². The molecule has 2 aromatic carbocycles. The van der Waals surface area contributed by atoms with Crippen LogP contribution in [0.2, 0.25) is 0 Å². The molecule has 0 atom stereocenters. The van der Waals surface area contributed by atoms with Crippen molar-refractivity contribution in [1.82, 2.24) is 4.98 Å². The molecule has 1 aliphatic rings. The van der Waals surface area contributed by atoms with Gasteiger partial charge in [0, 0.05) is 30.2 Å². The van der Waals surface area contributed by atoms with Gasteiger partial charge in [0.15, 0.2) is 0 Å². The zero-order chi connectivity index (χ0) is 17.2. The van der Waals surface area contributed by atoms with Gasteiger partial charge in [-0.05, 0) is 41.8 Å². The minimum atomic E-state index is 0.0545. The van der Waals surface area contributed by atoms with Gasteiger partial charge in [0.2, 0.25) is 5.91 Å². The molecule has 4 nitrogen and oxygen atoms in total. The quantitative estimate of drug-likeness (QED) is 0.755. The standard InChI is InChI=1S/C21H19N3O/c1-14-3-2-4-15(7-14)11-23-19-9-18(12-22-13-19)16-5-6-20-17(8-16)10-21(25)24-20/h2-9,12-13,23H,10-11H2,1H3,(H,24,25). The van der Waals surface area contributed by atoms with Crippen molar-refractivity contribution in [3.8, 4) is 11.1 Å². The van der Waals surface area contributed by atoms with Crippen LogP contribution in [0.4, 0.5) is 11.4 Å². The molecular formula is C21H19N3O. The minimum absolute atomic E-state index is 0.0545. The van der Waals surface area contributed by atoms with E-state index in [2.05, 4.69) is 58.9 Å². The van der Waals surface area contributed by atoms with E-state index in [9.17, 15) is 4.79 Å². The van der Waals surface area contributed by atoms with Crippen molar-refractivity contribution >= 4 is 17.3 Å². The summed E-state index contributed by atoms with van der Waals surface area (Å²) >= 11 is 0. The van der Waals surface area contributed by atoms with Crippen molar-refractivity contribution in [1.29, 1.82) is 0 Å². The third-order valence-electron chi connectivity index (χ3n) is 4.38. The van der Waals surface area contributed by atoms with Crippen LogP contribution in [0, 0.1) is 6.92 Å². The first-order valence-electron chi connectivity index (χ1n) is 8.35. The van der Waals surface area contributed by atoms with Crippen molar-refractivity contribution < 1.29 is 4.79 Å². The van der Waals surface area contributed by atoms with Gasteiger partial charge in [0.25, 0.3) is 0 Å². The lowest BCUT2D eigenvalue weighted by Gasteiger charge is -2.09. The Bertz CT molecular complexity index is 949. The van der Waals surface area contributed by atoms with E-state index in [0.29, 0.717) is 6.42 Å². The van der Waals surface area contributed by atoms with Gasteiger partial charge < -0.3 is 10.6 Å². The summed E-state index contributed by atoms with van der Waals surface area (Å²) in [5.41, 5.74) is 7.54. The number of pyridine rings is 1. The number of anilines is 2. The summed E-state index contributed by atoms with van der Waals surface area (Å²) in [6, 6.07) is 16.6. The molecule has 2 N–H and O–H groups in total. The van der Waals surface area contributed by atoms with Crippen LogP contribution >= 0.6 is 0 Å². The summed E-state index contributed by atoms with van der Waals surface area (Å²) < 4.78 is 0. The van der Waals surface area contributed by atoms with Crippen molar-refractivity contribution in [3.63, 3.8) is 0 Å². The van der Waals surface area contributed by atoms with E-state index < -0.39 is 0 Å². The molecule has 3 aromatic rings. The fourth-order valence-electron chi connectivity index (χ4n) is 3.13. The summed E-state index contributed by atoms with van der Waals surface area (Å²) in [6.07, 6.45) is 4.13. The second-order valence-corrected chi connectivity index (χ2v) is 6.40. The number of carbonyl (C=O) groups is 1. The SMILES string of the molecule is Cc1cccc(CNc2cncc(-c3ccc4c(c3)CC(=O)N4)c2)c1. The molecule has 1 aliphatic heterocycles. The first kappa shape index (κ1) is 15.4. The highest BCUT2D eigenvalue weighted by atomic mass is 16.1. The number of hydrogen-bond donors (Lipinski definition) is 2. The van der Waals surface area contributed by atoms with Gasteiger partial charge in [-0.15, -0.1) is 0 Å². The Labute approximate surface area is 146 Å². The van der Waals surface area contributed by atoms with Gasteiger partial charge >= 0.3 is 0 Å². The molecule has 0 fully saturated rings.